The summed E-state index contributed by atoms with van der Waals surface area (Å²) in [5.41, 5.74) is 0.446. The Kier molecular flexibility index (Phi) is 6.30. The van der Waals surface area contributed by atoms with Crippen molar-refractivity contribution in [3.05, 3.63) is 45.5 Å². The van der Waals surface area contributed by atoms with Gasteiger partial charge >= 0.3 is 6.03 Å². The molecule has 2 aliphatic rings. The Morgan fingerprint density at radius 3 is 2.75 bits per heavy atom. The Labute approximate surface area is 174 Å². The number of hydrogen-bond acceptors (Lipinski definition) is 3. The highest BCUT2D eigenvalue weighted by Crippen LogP contribution is 2.34. The van der Waals surface area contributed by atoms with E-state index in [1.807, 2.05) is 0 Å². The molecule has 0 radical (unpaired) electrons. The van der Waals surface area contributed by atoms with Crippen molar-refractivity contribution in [2.45, 2.75) is 44.6 Å². The van der Waals surface area contributed by atoms with Crippen molar-refractivity contribution in [3.8, 4) is 0 Å². The minimum atomic E-state index is -1.34. The summed E-state index contributed by atoms with van der Waals surface area (Å²) in [6.07, 6.45) is 7.60. The molecule has 1 aliphatic heterocycles. The van der Waals surface area contributed by atoms with Gasteiger partial charge in [-0.25, -0.2) is 4.79 Å². The molecule has 1 aromatic rings. The number of nitrogens with zero attached hydrogens (tertiary/aromatic N) is 1. The molecule has 8 heteroatoms. The largest absolute Gasteiger partial charge is 0.354 e. The number of allylic oxidation sites excluding steroid dienone is 1. The topological polar surface area (TPSA) is 78.5 Å². The van der Waals surface area contributed by atoms with Gasteiger partial charge in [0.25, 0.3) is 5.91 Å². The van der Waals surface area contributed by atoms with E-state index in [2.05, 4.69) is 16.7 Å². The van der Waals surface area contributed by atoms with Gasteiger partial charge in [-0.15, -0.1) is 0 Å². The summed E-state index contributed by atoms with van der Waals surface area (Å²) in [5.74, 6) is -0.891. The molecule has 1 aromatic carbocycles. The lowest BCUT2D eigenvalue weighted by molar-refractivity contribution is -0.134. The first-order chi connectivity index (χ1) is 13.3. The van der Waals surface area contributed by atoms with Crippen LogP contribution in [0.3, 0.4) is 0 Å². The molecule has 150 valence electrons. The van der Waals surface area contributed by atoms with Crippen LogP contribution in [0.5, 0.6) is 0 Å². The van der Waals surface area contributed by atoms with Crippen molar-refractivity contribution < 1.29 is 14.4 Å². The molecule has 4 amide bonds. The third-order valence-corrected chi connectivity index (χ3v) is 5.75. The molecule has 0 aromatic heterocycles. The second kappa shape index (κ2) is 8.53. The van der Waals surface area contributed by atoms with Crippen molar-refractivity contribution in [1.29, 1.82) is 0 Å². The predicted octanol–water partition coefficient (Wildman–Crippen LogP) is 3.77. The number of benzene rings is 1. The second-order valence-electron chi connectivity index (χ2n) is 7.28. The summed E-state index contributed by atoms with van der Waals surface area (Å²) < 4.78 is 0. The van der Waals surface area contributed by atoms with E-state index in [0.29, 0.717) is 17.1 Å². The fraction of sp³-hybridized carbons (Fsp3) is 0.450. The van der Waals surface area contributed by atoms with Gasteiger partial charge in [0.2, 0.25) is 5.91 Å². The van der Waals surface area contributed by atoms with Gasteiger partial charge in [0.15, 0.2) is 0 Å². The van der Waals surface area contributed by atoms with Crippen LogP contribution in [0.2, 0.25) is 10.0 Å². The number of amides is 4. The summed E-state index contributed by atoms with van der Waals surface area (Å²) in [6.45, 7) is 1.73. The summed E-state index contributed by atoms with van der Waals surface area (Å²) in [4.78, 5) is 38.4. The van der Waals surface area contributed by atoms with E-state index in [1.54, 1.807) is 19.1 Å². The average Bonchev–Trinajstić information content (AvgIpc) is 2.86. The first-order valence-corrected chi connectivity index (χ1v) is 10.1. The highest BCUT2D eigenvalue weighted by Gasteiger charge is 2.50. The van der Waals surface area contributed by atoms with E-state index in [1.165, 1.54) is 24.5 Å². The van der Waals surface area contributed by atoms with Crippen LogP contribution in [0.4, 0.5) is 4.79 Å². The Morgan fingerprint density at radius 1 is 1.29 bits per heavy atom. The summed E-state index contributed by atoms with van der Waals surface area (Å²) in [7, 11) is 0. The molecule has 28 heavy (non-hydrogen) atoms. The van der Waals surface area contributed by atoms with Crippen molar-refractivity contribution in [1.82, 2.24) is 15.5 Å². The van der Waals surface area contributed by atoms with Crippen LogP contribution in [-0.4, -0.2) is 35.8 Å². The lowest BCUT2D eigenvalue weighted by atomic mass is 9.92. The van der Waals surface area contributed by atoms with Crippen molar-refractivity contribution in [2.24, 2.45) is 0 Å². The van der Waals surface area contributed by atoms with Gasteiger partial charge in [-0.1, -0.05) is 40.9 Å². The van der Waals surface area contributed by atoms with Crippen LogP contribution in [0.25, 0.3) is 0 Å². The Balaban J connectivity index is 1.61. The van der Waals surface area contributed by atoms with Crippen LogP contribution in [-0.2, 0) is 15.1 Å². The number of nitrogens with one attached hydrogen (secondary N) is 2. The fourth-order valence-electron chi connectivity index (χ4n) is 3.61. The highest BCUT2D eigenvalue weighted by molar-refractivity contribution is 6.35. The molecule has 0 spiro atoms. The molecule has 0 saturated carbocycles. The number of imide groups is 1. The SMILES string of the molecule is CC1(c2ccc(Cl)cc2Cl)NC(=O)N(CC(=O)NCCC2=CCCCC2)C1=O. The highest BCUT2D eigenvalue weighted by atomic mass is 35.5. The van der Waals surface area contributed by atoms with Crippen molar-refractivity contribution in [3.63, 3.8) is 0 Å². The maximum Gasteiger partial charge on any atom is 0.325 e. The van der Waals surface area contributed by atoms with Gasteiger partial charge in [0.05, 0.1) is 0 Å². The van der Waals surface area contributed by atoms with Gasteiger partial charge in [0, 0.05) is 22.2 Å². The minimum Gasteiger partial charge on any atom is -0.354 e. The molecule has 2 N–H and O–H groups in total. The number of urea groups is 1. The van der Waals surface area contributed by atoms with Crippen molar-refractivity contribution in [2.75, 3.05) is 13.1 Å². The van der Waals surface area contributed by atoms with Crippen LogP contribution in [0, 0.1) is 0 Å². The van der Waals surface area contributed by atoms with E-state index in [-0.39, 0.29) is 17.5 Å². The molecule has 0 bridgehead atoms. The van der Waals surface area contributed by atoms with Gasteiger partial charge in [-0.3, -0.25) is 14.5 Å². The smallest absolute Gasteiger partial charge is 0.325 e. The van der Waals surface area contributed by atoms with E-state index in [4.69, 9.17) is 23.2 Å². The molecule has 1 unspecified atom stereocenters. The Morgan fingerprint density at radius 2 is 2.07 bits per heavy atom. The van der Waals surface area contributed by atoms with Crippen LogP contribution < -0.4 is 10.6 Å². The number of rotatable bonds is 6. The third-order valence-electron chi connectivity index (χ3n) is 5.20. The summed E-state index contributed by atoms with van der Waals surface area (Å²) >= 11 is 12.1. The lowest BCUT2D eigenvalue weighted by Crippen LogP contribution is -2.43. The first-order valence-electron chi connectivity index (χ1n) is 9.35. The summed E-state index contributed by atoms with van der Waals surface area (Å²) in [6, 6.07) is 4.09. The minimum absolute atomic E-state index is 0.274. The number of carbonyl (C=O) groups is 3. The van der Waals surface area contributed by atoms with Gasteiger partial charge in [0.1, 0.15) is 12.1 Å². The fourth-order valence-corrected chi connectivity index (χ4v) is 4.21. The van der Waals surface area contributed by atoms with Gasteiger partial charge < -0.3 is 10.6 Å². The number of halogens is 2. The zero-order chi connectivity index (χ0) is 20.3. The number of carbonyl (C=O) groups excluding carboxylic acids is 3. The maximum atomic E-state index is 12.9. The van der Waals surface area contributed by atoms with Gasteiger partial charge in [-0.2, -0.15) is 0 Å². The van der Waals surface area contributed by atoms with E-state index < -0.39 is 17.5 Å². The molecule has 1 aliphatic carbocycles. The first kappa shape index (κ1) is 20.7. The third kappa shape index (κ3) is 4.33. The molecule has 1 heterocycles. The Hall–Kier alpha value is -2.05. The van der Waals surface area contributed by atoms with Crippen LogP contribution in [0.1, 0.15) is 44.6 Å². The molecule has 6 nitrogen and oxygen atoms in total. The van der Waals surface area contributed by atoms with E-state index >= 15 is 0 Å². The van der Waals surface area contributed by atoms with Crippen LogP contribution in [0.15, 0.2) is 29.8 Å². The predicted molar refractivity (Wildman–Crippen MR) is 108 cm³/mol. The van der Waals surface area contributed by atoms with Crippen LogP contribution >= 0.6 is 23.2 Å². The zero-order valence-corrected chi connectivity index (χ0v) is 17.2. The molecule has 3 rings (SSSR count). The monoisotopic (exact) mass is 423 g/mol. The molecular formula is C20H23Cl2N3O3. The molecule has 1 saturated heterocycles. The van der Waals surface area contributed by atoms with E-state index in [0.717, 1.165) is 24.2 Å². The van der Waals surface area contributed by atoms with E-state index in [9.17, 15) is 14.4 Å². The van der Waals surface area contributed by atoms with Gasteiger partial charge in [-0.05, 0) is 51.2 Å². The molecular weight excluding hydrogens is 401 g/mol. The second-order valence-corrected chi connectivity index (χ2v) is 8.12. The standard InChI is InChI=1S/C20H23Cl2N3O3/c1-20(15-8-7-14(21)11-16(15)22)18(27)25(19(28)24-20)12-17(26)23-10-9-13-5-3-2-4-6-13/h5,7-8,11H,2-4,6,9-10,12H2,1H3,(H,23,26)(H,24,28). The molecule has 1 atom stereocenters. The number of hydrogen-bond donors (Lipinski definition) is 2. The quantitative estimate of drug-likeness (QED) is 0.539. The zero-order valence-electron chi connectivity index (χ0n) is 15.7. The Bertz CT molecular complexity index is 840. The molecule has 1 fully saturated rings. The lowest BCUT2D eigenvalue weighted by Gasteiger charge is -2.23. The maximum absolute atomic E-state index is 12.9. The average molecular weight is 424 g/mol. The summed E-state index contributed by atoms with van der Waals surface area (Å²) in [5, 5.41) is 6.13. The normalized spacial score (nSPS) is 22.1. The van der Waals surface area contributed by atoms with Crippen molar-refractivity contribution >= 4 is 41.0 Å².